The summed E-state index contributed by atoms with van der Waals surface area (Å²) in [5.41, 5.74) is 1.09. The average molecular weight is 304 g/mol. The monoisotopic (exact) mass is 303 g/mol. The molecule has 0 heterocycles. The third-order valence-electron chi connectivity index (χ3n) is 2.78. The van der Waals surface area contributed by atoms with Crippen molar-refractivity contribution >= 4 is 23.4 Å². The molecule has 1 N–H and O–H groups in total. The fourth-order valence-corrected chi connectivity index (χ4v) is 2.85. The molecule has 108 valence electrons. The summed E-state index contributed by atoms with van der Waals surface area (Å²) < 4.78 is 13.1. The Hall–Kier alpha value is -0.250. The number of benzene rings is 1. The molecule has 0 saturated carbocycles. The lowest BCUT2D eigenvalue weighted by Gasteiger charge is -2.19. The van der Waals surface area contributed by atoms with Gasteiger partial charge >= 0.3 is 0 Å². The first-order valence-electron chi connectivity index (χ1n) is 6.81. The molecule has 0 aliphatic heterocycles. The van der Waals surface area contributed by atoms with Gasteiger partial charge in [-0.05, 0) is 42.3 Å². The first-order valence-corrected chi connectivity index (χ1v) is 8.24. The minimum absolute atomic E-state index is 0.211. The average Bonchev–Trinajstić information content (AvgIpc) is 2.37. The molecule has 1 aromatic rings. The minimum Gasteiger partial charge on any atom is -0.313 e. The molecule has 0 amide bonds. The fourth-order valence-electron chi connectivity index (χ4n) is 1.80. The van der Waals surface area contributed by atoms with E-state index in [1.54, 1.807) is 6.07 Å². The van der Waals surface area contributed by atoms with E-state index in [9.17, 15) is 4.39 Å². The Balaban J connectivity index is 2.61. The van der Waals surface area contributed by atoms with Crippen LogP contribution in [0.2, 0.25) is 5.02 Å². The van der Waals surface area contributed by atoms with Crippen LogP contribution < -0.4 is 5.32 Å². The van der Waals surface area contributed by atoms with E-state index in [4.69, 9.17) is 11.6 Å². The van der Waals surface area contributed by atoms with Crippen LogP contribution in [0.15, 0.2) is 18.2 Å². The van der Waals surface area contributed by atoms with Crippen LogP contribution in [0.25, 0.3) is 0 Å². The van der Waals surface area contributed by atoms with Crippen molar-refractivity contribution in [2.45, 2.75) is 44.9 Å². The molecule has 1 aromatic carbocycles. The second-order valence-electron chi connectivity index (χ2n) is 4.99. The molecule has 0 spiro atoms. The molecule has 1 unspecified atom stereocenters. The van der Waals surface area contributed by atoms with Crippen molar-refractivity contribution in [3.63, 3.8) is 0 Å². The lowest BCUT2D eigenvalue weighted by Crippen LogP contribution is -2.34. The van der Waals surface area contributed by atoms with Gasteiger partial charge in [0.05, 0.1) is 5.02 Å². The highest BCUT2D eigenvalue weighted by atomic mass is 35.5. The summed E-state index contributed by atoms with van der Waals surface area (Å²) in [6.45, 7) is 7.58. The number of rotatable bonds is 8. The van der Waals surface area contributed by atoms with Gasteiger partial charge in [0, 0.05) is 11.8 Å². The third kappa shape index (κ3) is 6.64. The highest BCUT2D eigenvalue weighted by molar-refractivity contribution is 7.99. The Morgan fingerprint density at radius 3 is 2.68 bits per heavy atom. The molecule has 0 aliphatic rings. The molecule has 19 heavy (non-hydrogen) atoms. The van der Waals surface area contributed by atoms with Crippen LogP contribution in [-0.4, -0.2) is 23.6 Å². The van der Waals surface area contributed by atoms with E-state index >= 15 is 0 Å². The van der Waals surface area contributed by atoms with Crippen LogP contribution >= 0.6 is 23.4 Å². The number of thioether (sulfide) groups is 1. The smallest absolute Gasteiger partial charge is 0.141 e. The van der Waals surface area contributed by atoms with Crippen LogP contribution in [0.3, 0.4) is 0 Å². The Labute approximate surface area is 125 Å². The van der Waals surface area contributed by atoms with Gasteiger partial charge in [0.2, 0.25) is 0 Å². The summed E-state index contributed by atoms with van der Waals surface area (Å²) in [4.78, 5) is 0. The van der Waals surface area contributed by atoms with Crippen molar-refractivity contribution in [2.24, 2.45) is 0 Å². The molecule has 0 bridgehead atoms. The van der Waals surface area contributed by atoms with E-state index in [0.29, 0.717) is 11.3 Å². The number of nitrogens with one attached hydrogen (secondary N) is 1. The predicted molar refractivity (Wildman–Crippen MR) is 84.8 cm³/mol. The van der Waals surface area contributed by atoms with E-state index in [2.05, 4.69) is 26.1 Å². The molecule has 0 fully saturated rings. The van der Waals surface area contributed by atoms with Gasteiger partial charge in [0.15, 0.2) is 0 Å². The lowest BCUT2D eigenvalue weighted by atomic mass is 10.1. The number of halogens is 2. The lowest BCUT2D eigenvalue weighted by molar-refractivity contribution is 0.549. The summed E-state index contributed by atoms with van der Waals surface area (Å²) >= 11 is 7.78. The van der Waals surface area contributed by atoms with Gasteiger partial charge in [-0.3, -0.25) is 0 Å². The van der Waals surface area contributed by atoms with E-state index in [-0.39, 0.29) is 10.8 Å². The zero-order valence-corrected chi connectivity index (χ0v) is 13.5. The molecular weight excluding hydrogens is 281 g/mol. The fraction of sp³-hybridized carbons (Fsp3) is 0.600. The van der Waals surface area contributed by atoms with Crippen LogP contribution in [-0.2, 0) is 6.42 Å². The number of hydrogen-bond donors (Lipinski definition) is 1. The summed E-state index contributed by atoms with van der Waals surface area (Å²) in [6.07, 6.45) is 2.01. The number of hydrogen-bond acceptors (Lipinski definition) is 2. The van der Waals surface area contributed by atoms with Crippen LogP contribution in [0.5, 0.6) is 0 Å². The first-order chi connectivity index (χ1) is 9.02. The van der Waals surface area contributed by atoms with Gasteiger partial charge in [0.1, 0.15) is 5.82 Å². The first kappa shape index (κ1) is 16.8. The standard InChI is InChI=1S/C15H23ClFNS/c1-4-7-18-13(10-19-11(2)3)8-12-5-6-15(17)14(16)9-12/h5-6,9,11,13,18H,4,7-8,10H2,1-3H3. The van der Waals surface area contributed by atoms with Crippen molar-refractivity contribution < 1.29 is 4.39 Å². The van der Waals surface area contributed by atoms with Crippen LogP contribution in [0.4, 0.5) is 4.39 Å². The Morgan fingerprint density at radius 1 is 1.37 bits per heavy atom. The molecule has 0 aromatic heterocycles. The molecule has 4 heteroatoms. The Bertz CT molecular complexity index is 384. The van der Waals surface area contributed by atoms with Gasteiger partial charge in [-0.2, -0.15) is 11.8 Å². The maximum atomic E-state index is 13.1. The Kier molecular flexibility index (Phi) is 7.81. The maximum Gasteiger partial charge on any atom is 0.141 e. The third-order valence-corrected chi connectivity index (χ3v) is 4.33. The van der Waals surface area contributed by atoms with Crippen molar-refractivity contribution in [1.29, 1.82) is 0 Å². The quantitative estimate of drug-likeness (QED) is 0.757. The summed E-state index contributed by atoms with van der Waals surface area (Å²) in [7, 11) is 0. The highest BCUT2D eigenvalue weighted by Gasteiger charge is 2.11. The molecule has 0 radical (unpaired) electrons. The summed E-state index contributed by atoms with van der Waals surface area (Å²) in [6, 6.07) is 5.41. The van der Waals surface area contributed by atoms with Crippen molar-refractivity contribution in [3.8, 4) is 0 Å². The van der Waals surface area contributed by atoms with E-state index in [1.165, 1.54) is 6.07 Å². The van der Waals surface area contributed by atoms with Crippen molar-refractivity contribution in [1.82, 2.24) is 5.32 Å². The van der Waals surface area contributed by atoms with Gasteiger partial charge < -0.3 is 5.32 Å². The summed E-state index contributed by atoms with van der Waals surface area (Å²) in [5.74, 6) is 0.715. The zero-order chi connectivity index (χ0) is 14.3. The predicted octanol–water partition coefficient (Wildman–Crippen LogP) is 4.53. The van der Waals surface area contributed by atoms with E-state index in [1.807, 2.05) is 17.8 Å². The van der Waals surface area contributed by atoms with E-state index < -0.39 is 0 Å². The maximum absolute atomic E-state index is 13.1. The normalized spacial score (nSPS) is 12.9. The highest BCUT2D eigenvalue weighted by Crippen LogP contribution is 2.19. The summed E-state index contributed by atoms with van der Waals surface area (Å²) in [5, 5.41) is 4.39. The zero-order valence-electron chi connectivity index (χ0n) is 11.9. The van der Waals surface area contributed by atoms with Gasteiger partial charge in [-0.25, -0.2) is 4.39 Å². The SMILES string of the molecule is CCCNC(CSC(C)C)Cc1ccc(F)c(Cl)c1. The molecule has 1 atom stereocenters. The minimum atomic E-state index is -0.347. The second kappa shape index (κ2) is 8.83. The van der Waals surface area contributed by atoms with Crippen LogP contribution in [0.1, 0.15) is 32.8 Å². The van der Waals surface area contributed by atoms with Crippen molar-refractivity contribution in [3.05, 3.63) is 34.6 Å². The molecule has 0 saturated heterocycles. The van der Waals surface area contributed by atoms with Crippen LogP contribution in [0, 0.1) is 5.82 Å². The van der Waals surface area contributed by atoms with E-state index in [0.717, 1.165) is 30.7 Å². The molecule has 1 rings (SSSR count). The van der Waals surface area contributed by atoms with Crippen molar-refractivity contribution in [2.75, 3.05) is 12.3 Å². The second-order valence-corrected chi connectivity index (χ2v) is 7.00. The largest absolute Gasteiger partial charge is 0.313 e. The molecular formula is C15H23ClFNS. The Morgan fingerprint density at radius 2 is 2.11 bits per heavy atom. The van der Waals surface area contributed by atoms with Gasteiger partial charge in [0.25, 0.3) is 0 Å². The molecule has 1 nitrogen and oxygen atoms in total. The topological polar surface area (TPSA) is 12.0 Å². The van der Waals surface area contributed by atoms with Gasteiger partial charge in [-0.15, -0.1) is 0 Å². The molecule has 0 aliphatic carbocycles. The van der Waals surface area contributed by atoms with Gasteiger partial charge in [-0.1, -0.05) is 38.4 Å².